The number of aromatic nitrogens is 2. The maximum Gasteiger partial charge on any atom is 0.253 e. The molecule has 0 spiro atoms. The number of hydrogen-bond donors (Lipinski definition) is 1. The van der Waals surface area contributed by atoms with Crippen LogP contribution in [0.4, 0.5) is 0 Å². The Balaban J connectivity index is 1.52. The van der Waals surface area contributed by atoms with E-state index in [1.807, 2.05) is 30.3 Å². The second-order valence-electron chi connectivity index (χ2n) is 9.34. The van der Waals surface area contributed by atoms with Crippen LogP contribution >= 0.6 is 11.3 Å². The number of benzene rings is 1. The summed E-state index contributed by atoms with van der Waals surface area (Å²) < 4.78 is 18.6. The van der Waals surface area contributed by atoms with Crippen LogP contribution in [0.5, 0.6) is 11.5 Å². The van der Waals surface area contributed by atoms with Gasteiger partial charge in [-0.05, 0) is 62.4 Å². The second kappa shape index (κ2) is 12.9. The van der Waals surface area contributed by atoms with Gasteiger partial charge in [-0.1, -0.05) is 19.3 Å². The third-order valence-corrected chi connectivity index (χ3v) is 7.65. The molecule has 4 rings (SSSR count). The summed E-state index contributed by atoms with van der Waals surface area (Å²) in [5, 5.41) is 6.01. The van der Waals surface area contributed by atoms with Crippen molar-refractivity contribution in [1.82, 2.24) is 14.9 Å². The SMILES string of the molecule is COCCCNC(=O)c1cc(-c2csc(COc3ccc(OC)cc3)n2)n(CC2CCCCC2)c1C. The Morgan fingerprint density at radius 2 is 1.89 bits per heavy atom. The van der Waals surface area contributed by atoms with Gasteiger partial charge in [0.2, 0.25) is 0 Å². The molecule has 0 atom stereocenters. The molecule has 0 aliphatic heterocycles. The van der Waals surface area contributed by atoms with E-state index in [4.69, 9.17) is 19.2 Å². The van der Waals surface area contributed by atoms with Gasteiger partial charge in [0.15, 0.2) is 0 Å². The van der Waals surface area contributed by atoms with Gasteiger partial charge in [-0.3, -0.25) is 4.79 Å². The van der Waals surface area contributed by atoms with Gasteiger partial charge in [-0.25, -0.2) is 4.98 Å². The Morgan fingerprint density at radius 3 is 2.61 bits per heavy atom. The van der Waals surface area contributed by atoms with Crippen LogP contribution in [0.1, 0.15) is 59.6 Å². The predicted molar refractivity (Wildman–Crippen MR) is 143 cm³/mol. The van der Waals surface area contributed by atoms with E-state index >= 15 is 0 Å². The van der Waals surface area contributed by atoms with Gasteiger partial charge < -0.3 is 24.1 Å². The number of rotatable bonds is 12. The summed E-state index contributed by atoms with van der Waals surface area (Å²) in [6.07, 6.45) is 7.18. The summed E-state index contributed by atoms with van der Waals surface area (Å²) in [6, 6.07) is 9.55. The van der Waals surface area contributed by atoms with Crippen molar-refractivity contribution in [3.8, 4) is 22.9 Å². The topological polar surface area (TPSA) is 74.6 Å². The van der Waals surface area contributed by atoms with E-state index in [2.05, 4.69) is 22.2 Å². The minimum absolute atomic E-state index is 0.0365. The van der Waals surface area contributed by atoms with Crippen LogP contribution in [0.25, 0.3) is 11.4 Å². The van der Waals surface area contributed by atoms with E-state index in [-0.39, 0.29) is 5.91 Å². The molecule has 1 saturated carbocycles. The highest BCUT2D eigenvalue weighted by Gasteiger charge is 2.23. The van der Waals surface area contributed by atoms with Crippen LogP contribution in [0, 0.1) is 12.8 Å². The average Bonchev–Trinajstić information content (AvgIpc) is 3.51. The zero-order valence-corrected chi connectivity index (χ0v) is 22.4. The molecule has 2 heterocycles. The van der Waals surface area contributed by atoms with Crippen molar-refractivity contribution >= 4 is 17.2 Å². The Hall–Kier alpha value is -2.84. The average molecular weight is 512 g/mol. The van der Waals surface area contributed by atoms with E-state index in [0.717, 1.165) is 52.1 Å². The number of hydrogen-bond acceptors (Lipinski definition) is 6. The Labute approximate surface area is 217 Å². The molecule has 8 heteroatoms. The molecule has 0 unspecified atom stereocenters. The van der Waals surface area contributed by atoms with Crippen LogP contribution < -0.4 is 14.8 Å². The summed E-state index contributed by atoms with van der Waals surface area (Å²) >= 11 is 1.58. The lowest BCUT2D eigenvalue weighted by Gasteiger charge is -2.24. The molecular weight excluding hydrogens is 474 g/mol. The number of nitrogens with one attached hydrogen (secondary N) is 1. The standard InChI is InChI=1S/C28H37N3O4S/c1-20-24(28(32)29-14-7-15-33-2)16-26(31(20)17-21-8-5-4-6-9-21)25-19-36-27(30-25)18-35-23-12-10-22(34-3)11-13-23/h10-13,16,19,21H,4-9,14-15,17-18H2,1-3H3,(H,29,32). The molecule has 0 radical (unpaired) electrons. The van der Waals surface area contributed by atoms with E-state index < -0.39 is 0 Å². The zero-order chi connectivity index (χ0) is 25.3. The quantitative estimate of drug-likeness (QED) is 0.309. The van der Waals surface area contributed by atoms with Gasteiger partial charge in [0.25, 0.3) is 5.91 Å². The lowest BCUT2D eigenvalue weighted by atomic mass is 9.89. The van der Waals surface area contributed by atoms with Crippen LogP contribution in [-0.4, -0.2) is 42.8 Å². The molecule has 36 heavy (non-hydrogen) atoms. The predicted octanol–water partition coefficient (Wildman–Crippen LogP) is 5.85. The fourth-order valence-electron chi connectivity index (χ4n) is 4.78. The number of ether oxygens (including phenoxy) is 3. The smallest absolute Gasteiger partial charge is 0.253 e. The molecule has 194 valence electrons. The number of carbonyl (C=O) groups excluding carboxylic acids is 1. The minimum Gasteiger partial charge on any atom is -0.497 e. The first-order valence-electron chi connectivity index (χ1n) is 12.8. The van der Waals surface area contributed by atoms with Crippen LogP contribution in [-0.2, 0) is 17.9 Å². The van der Waals surface area contributed by atoms with Gasteiger partial charge >= 0.3 is 0 Å². The number of methoxy groups -OCH3 is 2. The summed E-state index contributed by atoms with van der Waals surface area (Å²) in [5.74, 6) is 2.17. The molecule has 1 aliphatic carbocycles. The lowest BCUT2D eigenvalue weighted by molar-refractivity contribution is 0.0947. The molecule has 0 bridgehead atoms. The Bertz CT molecular complexity index is 1120. The maximum atomic E-state index is 13.0. The number of amides is 1. The minimum atomic E-state index is -0.0365. The lowest BCUT2D eigenvalue weighted by Crippen LogP contribution is -2.25. The van der Waals surface area contributed by atoms with Gasteiger partial charge in [0.1, 0.15) is 23.1 Å². The molecule has 1 fully saturated rings. The molecule has 1 aliphatic rings. The monoisotopic (exact) mass is 511 g/mol. The molecule has 1 aromatic carbocycles. The molecule has 2 aromatic heterocycles. The summed E-state index contributed by atoms with van der Waals surface area (Å²) in [5.41, 5.74) is 3.63. The van der Waals surface area contributed by atoms with Gasteiger partial charge in [0.05, 0.1) is 24.1 Å². The molecular formula is C28H37N3O4S. The second-order valence-corrected chi connectivity index (χ2v) is 10.3. The van der Waals surface area contributed by atoms with Crippen LogP contribution in [0.15, 0.2) is 35.7 Å². The van der Waals surface area contributed by atoms with E-state index in [0.29, 0.717) is 25.7 Å². The molecule has 7 nitrogen and oxygen atoms in total. The van der Waals surface area contributed by atoms with Crippen LogP contribution in [0.2, 0.25) is 0 Å². The van der Waals surface area contributed by atoms with Crippen molar-refractivity contribution in [1.29, 1.82) is 0 Å². The first-order valence-corrected chi connectivity index (χ1v) is 13.7. The molecule has 0 saturated heterocycles. The number of carbonyl (C=O) groups is 1. The van der Waals surface area contributed by atoms with Crippen molar-refractivity contribution in [3.05, 3.63) is 52.0 Å². The molecule has 1 N–H and O–H groups in total. The van der Waals surface area contributed by atoms with E-state index in [1.165, 1.54) is 32.1 Å². The fraction of sp³-hybridized carbons (Fsp3) is 0.500. The van der Waals surface area contributed by atoms with Gasteiger partial charge in [-0.15, -0.1) is 11.3 Å². The third-order valence-electron chi connectivity index (χ3n) is 6.82. The van der Waals surface area contributed by atoms with Crippen molar-refractivity contribution in [2.45, 2.75) is 58.6 Å². The largest absolute Gasteiger partial charge is 0.497 e. The highest BCUT2D eigenvalue weighted by molar-refractivity contribution is 7.09. The molecule has 1 amide bonds. The summed E-state index contributed by atoms with van der Waals surface area (Å²) in [7, 11) is 3.32. The number of nitrogens with zero attached hydrogens (tertiary/aromatic N) is 2. The van der Waals surface area contributed by atoms with Crippen molar-refractivity contribution in [3.63, 3.8) is 0 Å². The van der Waals surface area contributed by atoms with Crippen molar-refractivity contribution in [2.24, 2.45) is 5.92 Å². The first-order chi connectivity index (χ1) is 17.6. The van der Waals surface area contributed by atoms with Crippen molar-refractivity contribution in [2.75, 3.05) is 27.4 Å². The van der Waals surface area contributed by atoms with Crippen molar-refractivity contribution < 1.29 is 19.0 Å². The molecule has 3 aromatic rings. The zero-order valence-electron chi connectivity index (χ0n) is 21.5. The van der Waals surface area contributed by atoms with E-state index in [9.17, 15) is 4.79 Å². The fourth-order valence-corrected chi connectivity index (χ4v) is 5.48. The highest BCUT2D eigenvalue weighted by atomic mass is 32.1. The van der Waals surface area contributed by atoms with Crippen LogP contribution in [0.3, 0.4) is 0 Å². The van der Waals surface area contributed by atoms with Gasteiger partial charge in [0, 0.05) is 37.9 Å². The first kappa shape index (κ1) is 26.2. The summed E-state index contributed by atoms with van der Waals surface area (Å²) in [4.78, 5) is 17.9. The Morgan fingerprint density at radius 1 is 1.14 bits per heavy atom. The number of thiazole rings is 1. The van der Waals surface area contributed by atoms with Gasteiger partial charge in [-0.2, -0.15) is 0 Å². The van der Waals surface area contributed by atoms with E-state index in [1.54, 1.807) is 25.6 Å². The summed E-state index contributed by atoms with van der Waals surface area (Å²) in [6.45, 7) is 4.60. The normalized spacial score (nSPS) is 14.1. The third kappa shape index (κ3) is 6.68. The highest BCUT2D eigenvalue weighted by Crippen LogP contribution is 2.32. The Kier molecular flexibility index (Phi) is 9.41. The maximum absolute atomic E-state index is 13.0.